The lowest BCUT2D eigenvalue weighted by molar-refractivity contribution is -0.156. The number of ether oxygens (including phenoxy) is 1. The molecule has 1 aromatic carbocycles. The highest BCUT2D eigenvalue weighted by molar-refractivity contribution is 6.32. The van der Waals surface area contributed by atoms with Crippen molar-refractivity contribution in [1.29, 1.82) is 0 Å². The second-order valence-electron chi connectivity index (χ2n) is 4.74. The molecule has 0 aliphatic rings. The number of carbonyl (C=O) groups excluding carboxylic acids is 1. The van der Waals surface area contributed by atoms with E-state index in [1.54, 1.807) is 24.3 Å². The van der Waals surface area contributed by atoms with Crippen LogP contribution in [0.15, 0.2) is 24.3 Å². The lowest BCUT2D eigenvalue weighted by Gasteiger charge is -2.18. The molecule has 21 heavy (non-hydrogen) atoms. The van der Waals surface area contributed by atoms with Crippen LogP contribution in [0, 0.1) is 0 Å². The molecule has 0 aliphatic carbocycles. The Balaban J connectivity index is 2.23. The van der Waals surface area contributed by atoms with E-state index in [1.165, 1.54) is 0 Å². The molecule has 1 atom stereocenters. The summed E-state index contributed by atoms with van der Waals surface area (Å²) in [4.78, 5) is 22.1. The fourth-order valence-electron chi connectivity index (χ4n) is 1.41. The highest BCUT2D eigenvalue weighted by atomic mass is 35.5. The van der Waals surface area contributed by atoms with E-state index in [9.17, 15) is 14.7 Å². The van der Waals surface area contributed by atoms with Gasteiger partial charge in [-0.3, -0.25) is 4.79 Å². The van der Waals surface area contributed by atoms with Gasteiger partial charge < -0.3 is 20.3 Å². The number of nitrogens with one attached hydrogen (secondary N) is 1. The summed E-state index contributed by atoms with van der Waals surface area (Å²) in [7, 11) is 0. The zero-order chi connectivity index (χ0) is 15.9. The molecule has 6 nitrogen and oxygen atoms in total. The minimum absolute atomic E-state index is 0.167. The van der Waals surface area contributed by atoms with Crippen molar-refractivity contribution in [3.63, 3.8) is 0 Å². The number of hydrogen-bond donors (Lipinski definition) is 3. The van der Waals surface area contributed by atoms with Crippen LogP contribution in [0.5, 0.6) is 5.75 Å². The summed E-state index contributed by atoms with van der Waals surface area (Å²) in [5.41, 5.74) is -1.97. The Morgan fingerprint density at radius 2 is 2.05 bits per heavy atom. The summed E-state index contributed by atoms with van der Waals surface area (Å²) in [6, 6.07) is 7.02. The highest BCUT2D eigenvalue weighted by Crippen LogP contribution is 2.23. The SMILES string of the molecule is CC(O)(CNC(=O)CCCOc1ccccc1Cl)C(=O)O. The molecule has 1 rings (SSSR count). The van der Waals surface area contributed by atoms with Crippen LogP contribution in [-0.2, 0) is 9.59 Å². The van der Waals surface area contributed by atoms with E-state index >= 15 is 0 Å². The first-order valence-corrected chi connectivity index (χ1v) is 6.80. The zero-order valence-electron chi connectivity index (χ0n) is 11.6. The van der Waals surface area contributed by atoms with Crippen molar-refractivity contribution in [1.82, 2.24) is 5.32 Å². The second kappa shape index (κ2) is 7.85. The van der Waals surface area contributed by atoms with Crippen LogP contribution in [0.25, 0.3) is 0 Å². The molecule has 0 aromatic heterocycles. The average Bonchev–Trinajstić information content (AvgIpc) is 2.43. The van der Waals surface area contributed by atoms with Crippen molar-refractivity contribution in [2.24, 2.45) is 0 Å². The molecule has 1 unspecified atom stereocenters. The zero-order valence-corrected chi connectivity index (χ0v) is 12.4. The maximum atomic E-state index is 11.5. The summed E-state index contributed by atoms with van der Waals surface area (Å²) in [5.74, 6) is -1.18. The summed E-state index contributed by atoms with van der Waals surface area (Å²) in [6.07, 6.45) is 0.617. The van der Waals surface area contributed by atoms with Crippen molar-refractivity contribution >= 4 is 23.5 Å². The van der Waals surface area contributed by atoms with E-state index in [0.717, 1.165) is 6.92 Å². The lowest BCUT2D eigenvalue weighted by atomic mass is 10.1. The lowest BCUT2D eigenvalue weighted by Crippen LogP contribution is -2.46. The van der Waals surface area contributed by atoms with Crippen LogP contribution in [0.2, 0.25) is 5.02 Å². The quantitative estimate of drug-likeness (QED) is 0.631. The first-order chi connectivity index (χ1) is 9.83. The van der Waals surface area contributed by atoms with E-state index in [1.807, 2.05) is 0 Å². The van der Waals surface area contributed by atoms with Gasteiger partial charge in [0.15, 0.2) is 5.60 Å². The first kappa shape index (κ1) is 17.3. The standard InChI is InChI=1S/C14H18ClNO5/c1-14(20,13(18)19)9-16-12(17)7-4-8-21-11-6-3-2-5-10(11)15/h2-3,5-6,20H,4,7-9H2,1H3,(H,16,17)(H,18,19). The predicted molar refractivity (Wildman–Crippen MR) is 77.5 cm³/mol. The third-order valence-corrected chi connectivity index (χ3v) is 3.05. The molecule has 0 fully saturated rings. The van der Waals surface area contributed by atoms with E-state index < -0.39 is 11.6 Å². The smallest absolute Gasteiger partial charge is 0.337 e. The molecule has 0 saturated carbocycles. The molecule has 116 valence electrons. The van der Waals surface area contributed by atoms with E-state index in [4.69, 9.17) is 21.4 Å². The maximum Gasteiger partial charge on any atom is 0.337 e. The number of carboxylic acids is 1. The Kier molecular flexibility index (Phi) is 6.45. The Bertz CT molecular complexity index is 504. The third kappa shape index (κ3) is 6.01. The molecule has 7 heteroatoms. The van der Waals surface area contributed by atoms with Crippen molar-refractivity contribution in [3.05, 3.63) is 29.3 Å². The molecule has 1 aromatic rings. The first-order valence-electron chi connectivity index (χ1n) is 6.43. The molecule has 0 bridgehead atoms. The van der Waals surface area contributed by atoms with Crippen LogP contribution in [0.3, 0.4) is 0 Å². The van der Waals surface area contributed by atoms with Crippen molar-refractivity contribution in [2.75, 3.05) is 13.2 Å². The molecule has 0 spiro atoms. The number of benzene rings is 1. The summed E-state index contributed by atoms with van der Waals surface area (Å²) >= 11 is 5.91. The van der Waals surface area contributed by atoms with Gasteiger partial charge in [0.25, 0.3) is 0 Å². The average molecular weight is 316 g/mol. The van der Waals surface area contributed by atoms with Gasteiger partial charge in [-0.2, -0.15) is 0 Å². The molecule has 0 aliphatic heterocycles. The highest BCUT2D eigenvalue weighted by Gasteiger charge is 2.30. The van der Waals surface area contributed by atoms with Crippen LogP contribution < -0.4 is 10.1 Å². The third-order valence-electron chi connectivity index (χ3n) is 2.73. The summed E-state index contributed by atoms with van der Waals surface area (Å²) < 4.78 is 5.42. The second-order valence-corrected chi connectivity index (χ2v) is 5.15. The Hall–Kier alpha value is -1.79. The summed E-state index contributed by atoms with van der Waals surface area (Å²) in [6.45, 7) is 1.09. The molecule has 0 heterocycles. The Morgan fingerprint density at radius 3 is 2.67 bits per heavy atom. The predicted octanol–water partition coefficient (Wildman–Crippen LogP) is 1.45. The van der Waals surface area contributed by atoms with Crippen LogP contribution in [0.1, 0.15) is 19.8 Å². The van der Waals surface area contributed by atoms with Crippen LogP contribution in [-0.4, -0.2) is 40.8 Å². The van der Waals surface area contributed by atoms with Crippen molar-refractivity contribution in [3.8, 4) is 5.75 Å². The Labute approximate surface area is 127 Å². The van der Waals surface area contributed by atoms with Crippen LogP contribution >= 0.6 is 11.6 Å². The largest absolute Gasteiger partial charge is 0.492 e. The number of aliphatic carboxylic acids is 1. The molecular weight excluding hydrogens is 298 g/mol. The topological polar surface area (TPSA) is 95.9 Å². The molecule has 1 amide bonds. The minimum Gasteiger partial charge on any atom is -0.492 e. The number of carbonyl (C=O) groups is 2. The van der Waals surface area contributed by atoms with Gasteiger partial charge in [-0.05, 0) is 25.5 Å². The minimum atomic E-state index is -1.97. The van der Waals surface area contributed by atoms with Gasteiger partial charge in [-0.15, -0.1) is 0 Å². The fraction of sp³-hybridized carbons (Fsp3) is 0.429. The number of amides is 1. The van der Waals surface area contributed by atoms with Gasteiger partial charge >= 0.3 is 5.97 Å². The van der Waals surface area contributed by atoms with Gasteiger partial charge in [-0.25, -0.2) is 4.79 Å². The number of aliphatic hydroxyl groups is 1. The van der Waals surface area contributed by atoms with E-state index in [2.05, 4.69) is 5.32 Å². The molecule has 0 radical (unpaired) electrons. The van der Waals surface area contributed by atoms with Gasteiger partial charge in [0.2, 0.25) is 5.91 Å². The number of hydrogen-bond acceptors (Lipinski definition) is 4. The van der Waals surface area contributed by atoms with Gasteiger partial charge in [0.1, 0.15) is 5.75 Å². The summed E-state index contributed by atoms with van der Waals surface area (Å²) in [5, 5.41) is 21.0. The van der Waals surface area contributed by atoms with Gasteiger partial charge in [0.05, 0.1) is 18.2 Å². The number of halogens is 1. The van der Waals surface area contributed by atoms with Crippen molar-refractivity contribution < 1.29 is 24.5 Å². The van der Waals surface area contributed by atoms with E-state index in [-0.39, 0.29) is 18.9 Å². The maximum absolute atomic E-state index is 11.5. The van der Waals surface area contributed by atoms with Gasteiger partial charge in [0, 0.05) is 6.42 Å². The normalized spacial score (nSPS) is 13.3. The molecule has 0 saturated heterocycles. The number of carboxylic acid groups (broad SMARTS) is 1. The monoisotopic (exact) mass is 315 g/mol. The fourth-order valence-corrected chi connectivity index (χ4v) is 1.60. The van der Waals surface area contributed by atoms with Gasteiger partial charge in [-0.1, -0.05) is 23.7 Å². The van der Waals surface area contributed by atoms with Crippen LogP contribution in [0.4, 0.5) is 0 Å². The number of rotatable bonds is 8. The van der Waals surface area contributed by atoms with Crippen molar-refractivity contribution in [2.45, 2.75) is 25.4 Å². The molecular formula is C14H18ClNO5. The Morgan fingerprint density at radius 1 is 1.38 bits per heavy atom. The van der Waals surface area contributed by atoms with E-state index in [0.29, 0.717) is 23.8 Å². The molecule has 3 N–H and O–H groups in total. The number of para-hydroxylation sites is 1.